The molecule has 9 heteroatoms. The molecule has 0 radical (unpaired) electrons. The van der Waals surface area contributed by atoms with Gasteiger partial charge in [0.25, 0.3) is 5.56 Å². The van der Waals surface area contributed by atoms with Gasteiger partial charge in [0.15, 0.2) is 17.3 Å². The molecule has 0 aliphatic carbocycles. The van der Waals surface area contributed by atoms with Crippen LogP contribution in [0.25, 0.3) is 22.3 Å². The highest BCUT2D eigenvalue weighted by atomic mass is 79.9. The molecule has 6 nitrogen and oxygen atoms in total. The van der Waals surface area contributed by atoms with Crippen molar-refractivity contribution in [2.45, 2.75) is 13.5 Å². The third-order valence-corrected chi connectivity index (χ3v) is 8.52. The Kier molecular flexibility index (Phi) is 8.60. The van der Waals surface area contributed by atoms with Gasteiger partial charge in [0.2, 0.25) is 0 Å². The standard InChI is InChI=1S/C30H22Br3N3O3/c1-2-38-25-16-21(26(32)27(33)28(25)39-18-19-12-14-22(31)15-13-19)17-34-36-29(20-8-4-3-5-9-20)35-24-11-7-6-10-23(24)30(36)37/h3-17H,2,18H2,1H3. The number of hydrogen-bond donors (Lipinski definition) is 0. The van der Waals surface area contributed by atoms with Crippen molar-refractivity contribution in [3.63, 3.8) is 0 Å². The van der Waals surface area contributed by atoms with Crippen LogP contribution in [0.4, 0.5) is 0 Å². The third-order valence-electron chi connectivity index (χ3n) is 5.85. The van der Waals surface area contributed by atoms with Crippen molar-refractivity contribution in [2.24, 2.45) is 5.10 Å². The Morgan fingerprint density at radius 2 is 1.62 bits per heavy atom. The third kappa shape index (κ3) is 6.00. The lowest BCUT2D eigenvalue weighted by atomic mass is 10.2. The first kappa shape index (κ1) is 27.3. The molecule has 5 rings (SSSR count). The summed E-state index contributed by atoms with van der Waals surface area (Å²) in [5, 5.41) is 5.09. The number of halogens is 3. The van der Waals surface area contributed by atoms with E-state index in [1.165, 1.54) is 4.68 Å². The second-order valence-electron chi connectivity index (χ2n) is 8.45. The van der Waals surface area contributed by atoms with Crippen molar-refractivity contribution in [1.82, 2.24) is 9.66 Å². The van der Waals surface area contributed by atoms with Crippen molar-refractivity contribution in [3.05, 3.63) is 120 Å². The molecule has 0 aliphatic rings. The molecule has 0 unspecified atom stereocenters. The normalized spacial score (nSPS) is 11.3. The molecule has 0 amide bonds. The van der Waals surface area contributed by atoms with Crippen LogP contribution in [0.2, 0.25) is 0 Å². The highest BCUT2D eigenvalue weighted by Crippen LogP contribution is 2.43. The number of para-hydroxylation sites is 1. The average Bonchev–Trinajstić information content (AvgIpc) is 2.96. The summed E-state index contributed by atoms with van der Waals surface area (Å²) in [5.41, 5.74) is 2.85. The van der Waals surface area contributed by atoms with Crippen molar-refractivity contribution >= 4 is 64.9 Å². The van der Waals surface area contributed by atoms with Crippen LogP contribution >= 0.6 is 47.8 Å². The lowest BCUT2D eigenvalue weighted by molar-refractivity contribution is 0.267. The first-order chi connectivity index (χ1) is 19.0. The molecule has 0 N–H and O–H groups in total. The van der Waals surface area contributed by atoms with E-state index in [2.05, 4.69) is 52.9 Å². The van der Waals surface area contributed by atoms with E-state index in [-0.39, 0.29) is 5.56 Å². The van der Waals surface area contributed by atoms with Crippen LogP contribution in [0.3, 0.4) is 0 Å². The molecule has 5 aromatic rings. The largest absolute Gasteiger partial charge is 0.490 e. The summed E-state index contributed by atoms with van der Waals surface area (Å²) in [7, 11) is 0. The second kappa shape index (κ2) is 12.3. The Hall–Kier alpha value is -3.27. The molecule has 4 aromatic carbocycles. The Morgan fingerprint density at radius 3 is 2.36 bits per heavy atom. The van der Waals surface area contributed by atoms with Gasteiger partial charge < -0.3 is 9.47 Å². The van der Waals surface area contributed by atoms with Gasteiger partial charge in [-0.15, -0.1) is 0 Å². The highest BCUT2D eigenvalue weighted by molar-refractivity contribution is 9.13. The SMILES string of the molecule is CCOc1cc(C=Nn2c(-c3ccccc3)nc3ccccc3c2=O)c(Br)c(Br)c1OCc1ccc(Br)cc1. The zero-order chi connectivity index (χ0) is 27.4. The van der Waals surface area contributed by atoms with Crippen LogP contribution in [0.15, 0.2) is 108 Å². The van der Waals surface area contributed by atoms with E-state index in [1.54, 1.807) is 12.3 Å². The van der Waals surface area contributed by atoms with Gasteiger partial charge in [0.05, 0.1) is 28.2 Å². The number of ether oxygens (including phenoxy) is 2. The molecule has 196 valence electrons. The van der Waals surface area contributed by atoms with E-state index in [4.69, 9.17) is 14.5 Å². The minimum atomic E-state index is -0.259. The Balaban J connectivity index is 1.56. The number of nitrogens with zero attached hydrogens (tertiary/aromatic N) is 3. The fraction of sp³-hybridized carbons (Fsp3) is 0.100. The number of hydrogen-bond acceptors (Lipinski definition) is 5. The molecule has 0 saturated carbocycles. The van der Waals surface area contributed by atoms with Crippen LogP contribution in [-0.2, 0) is 6.61 Å². The van der Waals surface area contributed by atoms with Gasteiger partial charge >= 0.3 is 0 Å². The molecule has 0 atom stereocenters. The summed E-state index contributed by atoms with van der Waals surface area (Å²) in [5.74, 6) is 1.57. The number of aromatic nitrogens is 2. The molecule has 0 saturated heterocycles. The van der Waals surface area contributed by atoms with Crippen LogP contribution in [-0.4, -0.2) is 22.5 Å². The van der Waals surface area contributed by atoms with Gasteiger partial charge in [0, 0.05) is 20.1 Å². The maximum atomic E-state index is 13.5. The van der Waals surface area contributed by atoms with Crippen molar-refractivity contribution in [1.29, 1.82) is 0 Å². The van der Waals surface area contributed by atoms with Gasteiger partial charge in [-0.25, -0.2) is 4.98 Å². The number of rotatable bonds is 8. The smallest absolute Gasteiger partial charge is 0.282 e. The molecule has 0 spiro atoms. The van der Waals surface area contributed by atoms with E-state index in [0.29, 0.717) is 55.9 Å². The molecule has 0 bridgehead atoms. The summed E-state index contributed by atoms with van der Waals surface area (Å²) in [6, 6.07) is 26.6. The fourth-order valence-electron chi connectivity index (χ4n) is 3.96. The average molecular weight is 712 g/mol. The maximum absolute atomic E-state index is 13.5. The summed E-state index contributed by atoms with van der Waals surface area (Å²) in [6.45, 7) is 2.73. The minimum absolute atomic E-state index is 0.259. The summed E-state index contributed by atoms with van der Waals surface area (Å²) >= 11 is 10.8. The Bertz CT molecular complexity index is 1720. The lowest BCUT2D eigenvalue weighted by Crippen LogP contribution is -2.20. The van der Waals surface area contributed by atoms with E-state index >= 15 is 0 Å². The second-order valence-corrected chi connectivity index (χ2v) is 11.0. The first-order valence-electron chi connectivity index (χ1n) is 12.1. The van der Waals surface area contributed by atoms with Gasteiger partial charge in [-0.1, -0.05) is 70.5 Å². The van der Waals surface area contributed by atoms with Gasteiger partial charge in [0.1, 0.15) is 6.61 Å². The molecule has 1 heterocycles. The van der Waals surface area contributed by atoms with E-state index in [1.807, 2.05) is 85.8 Å². The van der Waals surface area contributed by atoms with Gasteiger partial charge in [-0.05, 0) is 74.7 Å². The summed E-state index contributed by atoms with van der Waals surface area (Å²) in [6.07, 6.45) is 1.61. The summed E-state index contributed by atoms with van der Waals surface area (Å²) < 4.78 is 15.8. The zero-order valence-corrected chi connectivity index (χ0v) is 25.5. The predicted molar refractivity (Wildman–Crippen MR) is 166 cm³/mol. The van der Waals surface area contributed by atoms with E-state index in [0.717, 1.165) is 15.6 Å². The maximum Gasteiger partial charge on any atom is 0.282 e. The van der Waals surface area contributed by atoms with Crippen LogP contribution in [0, 0.1) is 0 Å². The van der Waals surface area contributed by atoms with Crippen LogP contribution in [0.1, 0.15) is 18.1 Å². The zero-order valence-electron chi connectivity index (χ0n) is 20.8. The summed E-state index contributed by atoms with van der Waals surface area (Å²) in [4.78, 5) is 18.3. The Labute approximate surface area is 250 Å². The van der Waals surface area contributed by atoms with Gasteiger partial charge in [-0.3, -0.25) is 4.79 Å². The number of benzene rings is 4. The van der Waals surface area contributed by atoms with Crippen LogP contribution in [0.5, 0.6) is 11.5 Å². The van der Waals surface area contributed by atoms with E-state index < -0.39 is 0 Å². The molecular weight excluding hydrogens is 690 g/mol. The quantitative estimate of drug-likeness (QED) is 0.152. The monoisotopic (exact) mass is 709 g/mol. The van der Waals surface area contributed by atoms with Crippen LogP contribution < -0.4 is 15.0 Å². The molecule has 0 fully saturated rings. The molecule has 0 aliphatic heterocycles. The van der Waals surface area contributed by atoms with Gasteiger partial charge in [-0.2, -0.15) is 9.78 Å². The highest BCUT2D eigenvalue weighted by Gasteiger charge is 2.18. The topological polar surface area (TPSA) is 65.7 Å². The first-order valence-corrected chi connectivity index (χ1v) is 14.5. The molecule has 39 heavy (non-hydrogen) atoms. The van der Waals surface area contributed by atoms with Crippen molar-refractivity contribution in [2.75, 3.05) is 6.61 Å². The Morgan fingerprint density at radius 1 is 0.897 bits per heavy atom. The van der Waals surface area contributed by atoms with Crippen molar-refractivity contribution in [3.8, 4) is 22.9 Å². The minimum Gasteiger partial charge on any atom is -0.490 e. The lowest BCUT2D eigenvalue weighted by Gasteiger charge is -2.16. The van der Waals surface area contributed by atoms with Crippen molar-refractivity contribution < 1.29 is 9.47 Å². The number of fused-ring (bicyclic) bond motifs is 1. The molecular formula is C30H22Br3N3O3. The van der Waals surface area contributed by atoms with E-state index in [9.17, 15) is 4.79 Å². The predicted octanol–water partition coefficient (Wildman–Crippen LogP) is 8.21. The molecule has 1 aromatic heterocycles. The fourth-order valence-corrected chi connectivity index (χ4v) is 5.16.